The number of carbonyl (C=O) groups excluding carboxylic acids is 1. The Labute approximate surface area is 135 Å². The fraction of sp³-hybridized carbons (Fsp3) is 0.0588. The Morgan fingerprint density at radius 3 is 2.54 bits per heavy atom. The van der Waals surface area contributed by atoms with Crippen LogP contribution in [0.2, 0.25) is 0 Å². The predicted molar refractivity (Wildman–Crippen MR) is 84.9 cm³/mol. The molecule has 0 spiro atoms. The molecule has 3 rings (SSSR count). The Morgan fingerprint density at radius 2 is 1.92 bits per heavy atom. The van der Waals surface area contributed by atoms with Crippen LogP contribution in [0.25, 0.3) is 16.7 Å². The number of rotatable bonds is 3. The van der Waals surface area contributed by atoms with Crippen molar-refractivity contribution in [3.05, 3.63) is 67.0 Å². The third-order valence-electron chi connectivity index (χ3n) is 3.45. The molecule has 0 aliphatic carbocycles. The number of hydrogen-bond donors (Lipinski definition) is 1. The molecule has 122 valence electrons. The van der Waals surface area contributed by atoms with Gasteiger partial charge in [-0.2, -0.15) is 13.2 Å². The molecular weight excluding hydrogens is 319 g/mol. The van der Waals surface area contributed by atoms with Gasteiger partial charge in [0, 0.05) is 17.3 Å². The van der Waals surface area contributed by atoms with Crippen LogP contribution in [-0.2, 0) is 11.0 Å². The zero-order chi connectivity index (χ0) is 17.3. The minimum absolute atomic E-state index is 0.349. The molecule has 0 saturated heterocycles. The van der Waals surface area contributed by atoms with Crippen LogP contribution < -0.4 is 5.32 Å². The number of nitrogens with one attached hydrogen (secondary N) is 1. The van der Waals surface area contributed by atoms with Gasteiger partial charge in [0.2, 0.25) is 5.91 Å². The minimum atomic E-state index is -4.37. The molecule has 7 heteroatoms. The lowest BCUT2D eigenvalue weighted by Crippen LogP contribution is -2.07. The van der Waals surface area contributed by atoms with E-state index >= 15 is 0 Å². The van der Waals surface area contributed by atoms with Gasteiger partial charge in [-0.05, 0) is 42.5 Å². The van der Waals surface area contributed by atoms with Crippen LogP contribution in [0.4, 0.5) is 18.9 Å². The number of carbonyl (C=O) groups is 1. The number of benzene rings is 1. The smallest absolute Gasteiger partial charge is 0.321 e. The van der Waals surface area contributed by atoms with E-state index in [2.05, 4.69) is 16.9 Å². The fourth-order valence-corrected chi connectivity index (χ4v) is 2.30. The van der Waals surface area contributed by atoms with E-state index in [-0.39, 0.29) is 5.91 Å². The lowest BCUT2D eigenvalue weighted by Gasteiger charge is -2.09. The van der Waals surface area contributed by atoms with Gasteiger partial charge in [0.05, 0.1) is 17.4 Å². The Morgan fingerprint density at radius 1 is 1.21 bits per heavy atom. The van der Waals surface area contributed by atoms with Gasteiger partial charge >= 0.3 is 6.18 Å². The largest absolute Gasteiger partial charge is 0.416 e. The molecule has 0 aliphatic rings. The third kappa shape index (κ3) is 3.01. The van der Waals surface area contributed by atoms with Gasteiger partial charge in [-0.3, -0.25) is 4.79 Å². The molecule has 1 N–H and O–H groups in total. The van der Waals surface area contributed by atoms with Crippen molar-refractivity contribution >= 4 is 22.6 Å². The van der Waals surface area contributed by atoms with E-state index in [4.69, 9.17) is 0 Å². The molecule has 0 radical (unpaired) electrons. The zero-order valence-electron chi connectivity index (χ0n) is 12.3. The van der Waals surface area contributed by atoms with E-state index < -0.39 is 11.7 Å². The molecule has 0 bridgehead atoms. The van der Waals surface area contributed by atoms with Gasteiger partial charge in [-0.15, -0.1) is 0 Å². The summed E-state index contributed by atoms with van der Waals surface area (Å²) >= 11 is 0. The molecule has 4 nitrogen and oxygen atoms in total. The van der Waals surface area contributed by atoms with Crippen LogP contribution in [0.3, 0.4) is 0 Å². The second-order valence-electron chi connectivity index (χ2n) is 5.06. The van der Waals surface area contributed by atoms with Crippen molar-refractivity contribution in [2.45, 2.75) is 6.18 Å². The maximum absolute atomic E-state index is 12.6. The van der Waals surface area contributed by atoms with Gasteiger partial charge in [0.1, 0.15) is 5.65 Å². The number of alkyl halides is 3. The number of aromatic nitrogens is 2. The van der Waals surface area contributed by atoms with Crippen molar-refractivity contribution in [2.24, 2.45) is 0 Å². The summed E-state index contributed by atoms with van der Waals surface area (Å²) in [7, 11) is 0. The monoisotopic (exact) mass is 331 g/mol. The summed E-state index contributed by atoms with van der Waals surface area (Å²) in [6.45, 7) is 3.37. The van der Waals surface area contributed by atoms with Crippen molar-refractivity contribution in [1.82, 2.24) is 9.55 Å². The van der Waals surface area contributed by atoms with Crippen LogP contribution in [0.1, 0.15) is 5.56 Å². The Bertz CT molecular complexity index is 911. The van der Waals surface area contributed by atoms with Gasteiger partial charge in [-0.25, -0.2) is 4.98 Å². The summed E-state index contributed by atoms with van der Waals surface area (Å²) in [6, 6.07) is 8.32. The lowest BCUT2D eigenvalue weighted by molar-refractivity contribution is -0.137. The molecular formula is C17H12F3N3O. The van der Waals surface area contributed by atoms with Gasteiger partial charge < -0.3 is 9.88 Å². The van der Waals surface area contributed by atoms with Crippen molar-refractivity contribution in [2.75, 3.05) is 5.32 Å². The maximum Gasteiger partial charge on any atom is 0.416 e. The molecule has 0 fully saturated rings. The molecule has 1 amide bonds. The molecule has 1 aromatic carbocycles. The number of pyridine rings is 1. The molecule has 2 heterocycles. The second-order valence-corrected chi connectivity index (χ2v) is 5.06. The van der Waals surface area contributed by atoms with Crippen LogP contribution in [0.5, 0.6) is 0 Å². The molecule has 0 atom stereocenters. The normalized spacial score (nSPS) is 11.5. The van der Waals surface area contributed by atoms with Crippen LogP contribution in [0, 0.1) is 0 Å². The molecule has 2 aromatic heterocycles. The summed E-state index contributed by atoms with van der Waals surface area (Å²) < 4.78 is 39.6. The van der Waals surface area contributed by atoms with Crippen LogP contribution in [0.15, 0.2) is 61.4 Å². The zero-order valence-corrected chi connectivity index (χ0v) is 12.3. The number of fused-ring (bicyclic) bond motifs is 1. The van der Waals surface area contributed by atoms with Crippen LogP contribution in [-0.4, -0.2) is 15.5 Å². The van der Waals surface area contributed by atoms with Crippen molar-refractivity contribution < 1.29 is 18.0 Å². The summed E-state index contributed by atoms with van der Waals surface area (Å²) in [6.07, 6.45) is -0.0327. The van der Waals surface area contributed by atoms with E-state index in [9.17, 15) is 18.0 Å². The molecule has 0 aliphatic heterocycles. The molecule has 24 heavy (non-hydrogen) atoms. The fourth-order valence-electron chi connectivity index (χ4n) is 2.30. The number of amides is 1. The first-order chi connectivity index (χ1) is 11.4. The molecule has 0 unspecified atom stereocenters. The molecule has 3 aromatic rings. The molecule has 0 saturated carbocycles. The Hall–Kier alpha value is -3.09. The quantitative estimate of drug-likeness (QED) is 0.732. The lowest BCUT2D eigenvalue weighted by atomic mass is 10.2. The van der Waals surface area contributed by atoms with Crippen molar-refractivity contribution in [1.29, 1.82) is 0 Å². The Balaban J connectivity index is 1.96. The maximum atomic E-state index is 12.6. The van der Waals surface area contributed by atoms with E-state index in [1.807, 2.05) is 0 Å². The number of hydrogen-bond acceptors (Lipinski definition) is 2. The highest BCUT2D eigenvalue weighted by Crippen LogP contribution is 2.30. The van der Waals surface area contributed by atoms with E-state index in [1.54, 1.807) is 22.9 Å². The van der Waals surface area contributed by atoms with Crippen molar-refractivity contribution in [3.8, 4) is 5.69 Å². The highest BCUT2D eigenvalue weighted by Gasteiger charge is 2.30. The minimum Gasteiger partial charge on any atom is -0.321 e. The van der Waals surface area contributed by atoms with E-state index in [0.29, 0.717) is 17.0 Å². The average molecular weight is 331 g/mol. The first-order valence-electron chi connectivity index (χ1n) is 6.96. The van der Waals surface area contributed by atoms with E-state index in [0.717, 1.165) is 23.6 Å². The Kier molecular flexibility index (Phi) is 3.84. The summed E-state index contributed by atoms with van der Waals surface area (Å²) in [4.78, 5) is 15.6. The summed E-state index contributed by atoms with van der Waals surface area (Å²) in [5.41, 5.74) is 0.947. The first-order valence-corrected chi connectivity index (χ1v) is 6.96. The van der Waals surface area contributed by atoms with Gasteiger partial charge in [0.15, 0.2) is 0 Å². The van der Waals surface area contributed by atoms with E-state index in [1.165, 1.54) is 18.3 Å². The topological polar surface area (TPSA) is 46.9 Å². The predicted octanol–water partition coefficient (Wildman–Crippen LogP) is 4.17. The first kappa shape index (κ1) is 15.8. The number of nitrogens with zero attached hydrogens (tertiary/aromatic N) is 2. The van der Waals surface area contributed by atoms with Crippen LogP contribution >= 0.6 is 0 Å². The highest BCUT2D eigenvalue weighted by atomic mass is 19.4. The van der Waals surface area contributed by atoms with Gasteiger partial charge in [-0.1, -0.05) is 6.58 Å². The highest BCUT2D eigenvalue weighted by molar-refractivity contribution is 5.99. The summed E-state index contributed by atoms with van der Waals surface area (Å²) in [5.74, 6) is -0.349. The third-order valence-corrected chi connectivity index (χ3v) is 3.45. The SMILES string of the molecule is C=CC(=O)Nc1cnc2c(ccn2-c2ccc(C(F)(F)F)cc2)c1. The number of anilines is 1. The van der Waals surface area contributed by atoms with Crippen molar-refractivity contribution in [3.63, 3.8) is 0 Å². The average Bonchev–Trinajstić information content (AvgIpc) is 2.97. The van der Waals surface area contributed by atoms with Gasteiger partial charge in [0.25, 0.3) is 0 Å². The summed E-state index contributed by atoms with van der Waals surface area (Å²) in [5, 5.41) is 3.35. The standard InChI is InChI=1S/C17H12F3N3O/c1-2-15(24)22-13-9-11-7-8-23(16(11)21-10-13)14-5-3-12(4-6-14)17(18,19)20/h2-10H,1H2,(H,22,24). The number of halogens is 3. The second kappa shape index (κ2) is 5.84.